The van der Waals surface area contributed by atoms with E-state index in [1.807, 2.05) is 0 Å². The Morgan fingerprint density at radius 3 is 2.67 bits per heavy atom. The fourth-order valence-corrected chi connectivity index (χ4v) is 4.92. The summed E-state index contributed by atoms with van der Waals surface area (Å²) in [6.45, 7) is 3.01. The second kappa shape index (κ2) is 9.61. The van der Waals surface area contributed by atoms with E-state index in [2.05, 4.69) is 17.0 Å². The number of rotatable bonds is 11. The Balaban J connectivity index is 2.14. The molecule has 2 aromatic rings. The summed E-state index contributed by atoms with van der Waals surface area (Å²) in [4.78, 5) is 11.3. The van der Waals surface area contributed by atoms with E-state index < -0.39 is 15.9 Å². The number of thiophene rings is 1. The number of benzene rings is 1. The van der Waals surface area contributed by atoms with Gasteiger partial charge in [0.2, 0.25) is 0 Å². The molecule has 0 atom stereocenters. The number of anilines is 2. The highest BCUT2D eigenvalue weighted by Crippen LogP contribution is 2.31. The molecule has 9 heteroatoms. The standard InChI is InChI=1S/C18H25N3O4S2/c1-3-4-5-6-10-20-13-7-8-14(15(12-13)25-2)21-27(23,24)16-9-11-26-17(16)18(19)22/h7-9,11-12,20-21H,3-6,10H2,1-2H3,(H2,19,22). The van der Waals surface area contributed by atoms with Crippen molar-refractivity contribution in [2.75, 3.05) is 23.7 Å². The zero-order valence-corrected chi connectivity index (χ0v) is 17.1. The highest BCUT2D eigenvalue weighted by Gasteiger charge is 2.24. The minimum absolute atomic E-state index is 0.00756. The van der Waals surface area contributed by atoms with Gasteiger partial charge in [0, 0.05) is 18.3 Å². The van der Waals surface area contributed by atoms with Crippen molar-refractivity contribution in [1.29, 1.82) is 0 Å². The van der Waals surface area contributed by atoms with Gasteiger partial charge in [-0.15, -0.1) is 11.3 Å². The van der Waals surface area contributed by atoms with Crippen LogP contribution in [0, 0.1) is 0 Å². The maximum absolute atomic E-state index is 12.6. The van der Waals surface area contributed by atoms with Crippen molar-refractivity contribution < 1.29 is 17.9 Å². The van der Waals surface area contributed by atoms with Gasteiger partial charge in [-0.2, -0.15) is 0 Å². The normalized spacial score (nSPS) is 11.2. The molecular formula is C18H25N3O4S2. The van der Waals surface area contributed by atoms with Crippen molar-refractivity contribution in [3.63, 3.8) is 0 Å². The number of hydrogen-bond acceptors (Lipinski definition) is 6. The van der Waals surface area contributed by atoms with E-state index >= 15 is 0 Å². The van der Waals surface area contributed by atoms with Crippen LogP contribution in [0.15, 0.2) is 34.5 Å². The Morgan fingerprint density at radius 1 is 1.22 bits per heavy atom. The maximum Gasteiger partial charge on any atom is 0.263 e. The highest BCUT2D eigenvalue weighted by molar-refractivity contribution is 7.93. The maximum atomic E-state index is 12.6. The van der Waals surface area contributed by atoms with E-state index in [4.69, 9.17) is 10.5 Å². The van der Waals surface area contributed by atoms with Gasteiger partial charge in [-0.05, 0) is 30.0 Å². The summed E-state index contributed by atoms with van der Waals surface area (Å²) >= 11 is 0.987. The SMILES string of the molecule is CCCCCCNc1ccc(NS(=O)(=O)c2ccsc2C(N)=O)c(OC)c1. The lowest BCUT2D eigenvalue weighted by molar-refractivity contribution is 0.100. The van der Waals surface area contributed by atoms with Crippen LogP contribution in [0.4, 0.5) is 11.4 Å². The molecule has 148 valence electrons. The molecule has 0 fully saturated rings. The molecule has 0 bridgehead atoms. The highest BCUT2D eigenvalue weighted by atomic mass is 32.2. The first-order chi connectivity index (χ1) is 12.9. The summed E-state index contributed by atoms with van der Waals surface area (Å²) in [6, 6.07) is 6.50. The second-order valence-electron chi connectivity index (χ2n) is 5.99. The third-order valence-electron chi connectivity index (χ3n) is 3.95. The number of amides is 1. The van der Waals surface area contributed by atoms with Gasteiger partial charge in [0.15, 0.2) is 0 Å². The number of carbonyl (C=O) groups excluding carboxylic acids is 1. The van der Waals surface area contributed by atoms with Crippen LogP contribution < -0.4 is 20.5 Å². The first kappa shape index (κ1) is 21.0. The molecule has 0 unspecified atom stereocenters. The molecule has 0 radical (unpaired) electrons. The number of nitrogens with two attached hydrogens (primary N) is 1. The van der Waals surface area contributed by atoms with Crippen LogP contribution in [0.2, 0.25) is 0 Å². The molecule has 2 rings (SSSR count). The van der Waals surface area contributed by atoms with Crippen molar-refractivity contribution >= 4 is 38.6 Å². The molecule has 7 nitrogen and oxygen atoms in total. The molecule has 0 saturated heterocycles. The average Bonchev–Trinajstić information content (AvgIpc) is 3.13. The molecule has 1 amide bonds. The Morgan fingerprint density at radius 2 is 2.00 bits per heavy atom. The molecule has 0 saturated carbocycles. The molecule has 1 aromatic carbocycles. The summed E-state index contributed by atoms with van der Waals surface area (Å²) in [5.41, 5.74) is 6.38. The zero-order chi connectivity index (χ0) is 19.9. The Bertz CT molecular complexity index is 878. The van der Waals surface area contributed by atoms with Gasteiger partial charge < -0.3 is 15.8 Å². The van der Waals surface area contributed by atoms with Crippen LogP contribution in [-0.4, -0.2) is 28.0 Å². The molecule has 0 aliphatic heterocycles. The summed E-state index contributed by atoms with van der Waals surface area (Å²) in [5.74, 6) is -0.395. The molecule has 4 N–H and O–H groups in total. The quantitative estimate of drug-likeness (QED) is 0.489. The fourth-order valence-electron chi connectivity index (χ4n) is 2.56. The number of hydrogen-bond donors (Lipinski definition) is 3. The van der Waals surface area contributed by atoms with Crippen LogP contribution in [0.25, 0.3) is 0 Å². The summed E-state index contributed by atoms with van der Waals surface area (Å²) in [6.07, 6.45) is 4.63. The second-order valence-corrected chi connectivity index (χ2v) is 8.55. The van der Waals surface area contributed by atoms with Crippen molar-refractivity contribution in [3.8, 4) is 5.75 Å². The van der Waals surface area contributed by atoms with E-state index in [1.165, 1.54) is 37.8 Å². The number of ether oxygens (including phenoxy) is 1. The first-order valence-corrected chi connectivity index (χ1v) is 11.1. The van der Waals surface area contributed by atoms with Gasteiger partial charge in [0.1, 0.15) is 15.5 Å². The lowest BCUT2D eigenvalue weighted by atomic mass is 10.2. The van der Waals surface area contributed by atoms with E-state index in [1.54, 1.807) is 18.2 Å². The lowest BCUT2D eigenvalue weighted by Gasteiger charge is -2.14. The predicted molar refractivity (Wildman–Crippen MR) is 109 cm³/mol. The number of primary amides is 1. The minimum atomic E-state index is -3.96. The molecule has 27 heavy (non-hydrogen) atoms. The number of carbonyl (C=O) groups is 1. The van der Waals surface area contributed by atoms with Crippen LogP contribution in [0.5, 0.6) is 5.75 Å². The third-order valence-corrected chi connectivity index (χ3v) is 6.41. The molecule has 1 heterocycles. The van der Waals surface area contributed by atoms with Crippen molar-refractivity contribution in [1.82, 2.24) is 0 Å². The minimum Gasteiger partial charge on any atom is -0.494 e. The zero-order valence-electron chi connectivity index (χ0n) is 15.4. The van der Waals surface area contributed by atoms with Gasteiger partial charge in [-0.1, -0.05) is 26.2 Å². The lowest BCUT2D eigenvalue weighted by Crippen LogP contribution is -2.18. The average molecular weight is 412 g/mol. The van der Waals surface area contributed by atoms with Gasteiger partial charge in [-0.3, -0.25) is 9.52 Å². The number of sulfonamides is 1. The molecular weight excluding hydrogens is 386 g/mol. The van der Waals surface area contributed by atoms with E-state index in [0.717, 1.165) is 30.0 Å². The van der Waals surface area contributed by atoms with Crippen LogP contribution in [0.1, 0.15) is 42.3 Å². The first-order valence-electron chi connectivity index (χ1n) is 8.71. The van der Waals surface area contributed by atoms with Gasteiger partial charge >= 0.3 is 0 Å². The Hall–Kier alpha value is -2.26. The third kappa shape index (κ3) is 5.61. The summed E-state index contributed by atoms with van der Waals surface area (Å²) < 4.78 is 33.0. The van der Waals surface area contributed by atoms with E-state index in [-0.39, 0.29) is 15.5 Å². The molecule has 0 aliphatic rings. The van der Waals surface area contributed by atoms with Crippen molar-refractivity contribution in [3.05, 3.63) is 34.5 Å². The van der Waals surface area contributed by atoms with Gasteiger partial charge in [0.05, 0.1) is 12.8 Å². The summed E-state index contributed by atoms with van der Waals surface area (Å²) in [5, 5.41) is 4.81. The summed E-state index contributed by atoms with van der Waals surface area (Å²) in [7, 11) is -2.49. The topological polar surface area (TPSA) is 111 Å². The monoisotopic (exact) mass is 411 g/mol. The molecule has 0 aliphatic carbocycles. The Labute approximate surface area is 164 Å². The van der Waals surface area contributed by atoms with E-state index in [9.17, 15) is 13.2 Å². The van der Waals surface area contributed by atoms with Crippen LogP contribution >= 0.6 is 11.3 Å². The molecule has 0 spiro atoms. The molecule has 1 aromatic heterocycles. The number of unbranched alkanes of at least 4 members (excludes halogenated alkanes) is 3. The van der Waals surface area contributed by atoms with Crippen LogP contribution in [0.3, 0.4) is 0 Å². The smallest absolute Gasteiger partial charge is 0.263 e. The van der Waals surface area contributed by atoms with Gasteiger partial charge in [0.25, 0.3) is 15.9 Å². The predicted octanol–water partition coefficient (Wildman–Crippen LogP) is 3.65. The van der Waals surface area contributed by atoms with Gasteiger partial charge in [-0.25, -0.2) is 8.42 Å². The Kier molecular flexibility index (Phi) is 7.49. The van der Waals surface area contributed by atoms with Crippen LogP contribution in [-0.2, 0) is 10.0 Å². The van der Waals surface area contributed by atoms with Crippen molar-refractivity contribution in [2.45, 2.75) is 37.5 Å². The van der Waals surface area contributed by atoms with E-state index in [0.29, 0.717) is 5.75 Å². The largest absolute Gasteiger partial charge is 0.494 e. The number of nitrogens with one attached hydrogen (secondary N) is 2. The number of methoxy groups -OCH3 is 1. The fraction of sp³-hybridized carbons (Fsp3) is 0.389. The van der Waals surface area contributed by atoms with Crippen molar-refractivity contribution in [2.24, 2.45) is 5.73 Å².